The van der Waals surface area contributed by atoms with Gasteiger partial charge in [-0.15, -0.1) is 0 Å². The topological polar surface area (TPSA) is 67.8 Å². The molecule has 0 unspecified atom stereocenters. The van der Waals surface area contributed by atoms with Crippen LogP contribution in [0.25, 0.3) is 0 Å². The molecule has 0 bridgehead atoms. The first-order chi connectivity index (χ1) is 8.26. The van der Waals surface area contributed by atoms with E-state index < -0.39 is 0 Å². The summed E-state index contributed by atoms with van der Waals surface area (Å²) < 4.78 is 10.3. The first-order valence-electron chi connectivity index (χ1n) is 5.34. The van der Waals surface area contributed by atoms with Gasteiger partial charge in [0.2, 0.25) is 0 Å². The van der Waals surface area contributed by atoms with Crippen LogP contribution in [-0.2, 0) is 16.1 Å². The van der Waals surface area contributed by atoms with Gasteiger partial charge in [0.25, 0.3) is 5.91 Å². The molecule has 0 fully saturated rings. The van der Waals surface area contributed by atoms with Crippen LogP contribution in [0.3, 0.4) is 0 Å². The second kappa shape index (κ2) is 7.65. The minimum Gasteiger partial charge on any atom is -0.484 e. The fraction of sp³-hybridized carbons (Fsp3) is 0.417. The molecule has 0 aliphatic rings. The molecule has 2 N–H and O–H groups in total. The largest absolute Gasteiger partial charge is 0.484 e. The van der Waals surface area contributed by atoms with Gasteiger partial charge in [0.05, 0.1) is 13.2 Å². The number of amides is 1. The van der Waals surface area contributed by atoms with Crippen molar-refractivity contribution in [3.05, 3.63) is 29.8 Å². The summed E-state index contributed by atoms with van der Waals surface area (Å²) in [6, 6.07) is 7.36. The highest BCUT2D eigenvalue weighted by Crippen LogP contribution is 2.13. The molecule has 1 aromatic rings. The average molecular weight is 239 g/mol. The summed E-state index contributed by atoms with van der Waals surface area (Å²) in [4.78, 5) is 11.2. The minimum atomic E-state index is -0.254. The molecular formula is C12H17NO4. The Bertz CT molecular complexity index is 354. The molecule has 0 spiro atoms. The summed E-state index contributed by atoms with van der Waals surface area (Å²) in [5, 5.41) is 11.0. The van der Waals surface area contributed by atoms with Crippen LogP contribution in [0.4, 0.5) is 0 Å². The van der Waals surface area contributed by atoms with E-state index in [1.54, 1.807) is 13.2 Å². The number of ether oxygens (including phenoxy) is 2. The van der Waals surface area contributed by atoms with Crippen molar-refractivity contribution in [3.8, 4) is 5.75 Å². The Labute approximate surface area is 100 Å². The van der Waals surface area contributed by atoms with E-state index in [1.165, 1.54) is 0 Å². The molecule has 5 nitrogen and oxygen atoms in total. The van der Waals surface area contributed by atoms with Crippen molar-refractivity contribution in [1.29, 1.82) is 0 Å². The van der Waals surface area contributed by atoms with E-state index in [-0.39, 0.29) is 25.7 Å². The Morgan fingerprint density at radius 3 is 3.00 bits per heavy atom. The van der Waals surface area contributed by atoms with Crippen LogP contribution in [0.15, 0.2) is 24.3 Å². The van der Waals surface area contributed by atoms with E-state index >= 15 is 0 Å². The van der Waals surface area contributed by atoms with Gasteiger partial charge >= 0.3 is 0 Å². The van der Waals surface area contributed by atoms with Crippen molar-refractivity contribution in [3.63, 3.8) is 0 Å². The van der Waals surface area contributed by atoms with Crippen LogP contribution < -0.4 is 10.1 Å². The van der Waals surface area contributed by atoms with Crippen molar-refractivity contribution < 1.29 is 19.4 Å². The van der Waals surface area contributed by atoms with Crippen LogP contribution in [0.2, 0.25) is 0 Å². The normalized spacial score (nSPS) is 10.0. The SMILES string of the molecule is COCc1cccc(OCC(=O)NCCO)c1. The fourth-order valence-electron chi connectivity index (χ4n) is 1.29. The number of aliphatic hydroxyl groups excluding tert-OH is 1. The van der Waals surface area contributed by atoms with Gasteiger partial charge in [-0.2, -0.15) is 0 Å². The molecule has 1 aromatic carbocycles. The number of benzene rings is 1. The molecule has 94 valence electrons. The molecule has 0 aromatic heterocycles. The number of carbonyl (C=O) groups excluding carboxylic acids is 1. The zero-order chi connectivity index (χ0) is 12.5. The molecule has 0 saturated carbocycles. The lowest BCUT2D eigenvalue weighted by Gasteiger charge is -2.07. The monoisotopic (exact) mass is 239 g/mol. The number of aliphatic hydroxyl groups is 1. The lowest BCUT2D eigenvalue weighted by molar-refractivity contribution is -0.123. The Kier molecular flexibility index (Phi) is 6.06. The molecule has 0 atom stereocenters. The maximum atomic E-state index is 11.2. The lowest BCUT2D eigenvalue weighted by Crippen LogP contribution is -2.31. The average Bonchev–Trinajstić information content (AvgIpc) is 2.35. The molecule has 0 heterocycles. The van der Waals surface area contributed by atoms with Crippen LogP contribution in [0.5, 0.6) is 5.75 Å². The Morgan fingerprint density at radius 1 is 1.47 bits per heavy atom. The van der Waals surface area contributed by atoms with Gasteiger partial charge in [0, 0.05) is 13.7 Å². The zero-order valence-corrected chi connectivity index (χ0v) is 9.81. The standard InChI is InChI=1S/C12H17NO4/c1-16-8-10-3-2-4-11(7-10)17-9-12(15)13-5-6-14/h2-4,7,14H,5-6,8-9H2,1H3,(H,13,15). The highest BCUT2D eigenvalue weighted by Gasteiger charge is 2.02. The third-order valence-corrected chi connectivity index (χ3v) is 2.01. The molecule has 17 heavy (non-hydrogen) atoms. The van der Waals surface area contributed by atoms with Gasteiger partial charge in [0.1, 0.15) is 5.75 Å². The van der Waals surface area contributed by atoms with E-state index in [0.29, 0.717) is 12.4 Å². The van der Waals surface area contributed by atoms with Gasteiger partial charge in [-0.05, 0) is 17.7 Å². The van der Waals surface area contributed by atoms with Crippen molar-refractivity contribution >= 4 is 5.91 Å². The third kappa shape index (κ3) is 5.33. The van der Waals surface area contributed by atoms with E-state index in [0.717, 1.165) is 5.56 Å². The van der Waals surface area contributed by atoms with E-state index in [2.05, 4.69) is 5.32 Å². The van der Waals surface area contributed by atoms with E-state index in [1.807, 2.05) is 18.2 Å². The summed E-state index contributed by atoms with van der Waals surface area (Å²) in [5.74, 6) is 0.370. The third-order valence-electron chi connectivity index (χ3n) is 2.01. The molecular weight excluding hydrogens is 222 g/mol. The molecule has 1 rings (SSSR count). The Morgan fingerprint density at radius 2 is 2.29 bits per heavy atom. The van der Waals surface area contributed by atoms with Gasteiger partial charge in [-0.1, -0.05) is 12.1 Å². The highest BCUT2D eigenvalue weighted by molar-refractivity contribution is 5.77. The van der Waals surface area contributed by atoms with Crippen molar-refractivity contribution in [1.82, 2.24) is 5.32 Å². The van der Waals surface area contributed by atoms with Crippen molar-refractivity contribution in [2.75, 3.05) is 26.9 Å². The number of hydrogen-bond donors (Lipinski definition) is 2. The zero-order valence-electron chi connectivity index (χ0n) is 9.81. The predicted molar refractivity (Wildman–Crippen MR) is 62.7 cm³/mol. The summed E-state index contributed by atoms with van der Waals surface area (Å²) in [6.45, 7) is 0.616. The predicted octanol–water partition coefficient (Wildman–Crippen LogP) is 0.320. The summed E-state index contributed by atoms with van der Waals surface area (Å²) in [7, 11) is 1.62. The summed E-state index contributed by atoms with van der Waals surface area (Å²) >= 11 is 0. The van der Waals surface area contributed by atoms with Gasteiger partial charge in [-0.3, -0.25) is 4.79 Å². The summed E-state index contributed by atoms with van der Waals surface area (Å²) in [6.07, 6.45) is 0. The second-order valence-electron chi connectivity index (χ2n) is 3.44. The number of hydrogen-bond acceptors (Lipinski definition) is 4. The number of methoxy groups -OCH3 is 1. The minimum absolute atomic E-state index is 0.0591. The Balaban J connectivity index is 2.40. The number of carbonyl (C=O) groups is 1. The molecule has 5 heteroatoms. The fourth-order valence-corrected chi connectivity index (χ4v) is 1.29. The first kappa shape index (κ1) is 13.5. The quantitative estimate of drug-likeness (QED) is 0.719. The van der Waals surface area contributed by atoms with Crippen molar-refractivity contribution in [2.24, 2.45) is 0 Å². The van der Waals surface area contributed by atoms with Gasteiger partial charge < -0.3 is 19.9 Å². The molecule has 0 aliphatic heterocycles. The molecule has 1 amide bonds. The van der Waals surface area contributed by atoms with Crippen LogP contribution >= 0.6 is 0 Å². The smallest absolute Gasteiger partial charge is 0.258 e. The maximum absolute atomic E-state index is 11.2. The van der Waals surface area contributed by atoms with Gasteiger partial charge in [0.15, 0.2) is 6.61 Å². The highest BCUT2D eigenvalue weighted by atomic mass is 16.5. The maximum Gasteiger partial charge on any atom is 0.258 e. The van der Waals surface area contributed by atoms with Crippen molar-refractivity contribution in [2.45, 2.75) is 6.61 Å². The lowest BCUT2D eigenvalue weighted by atomic mass is 10.2. The van der Waals surface area contributed by atoms with Crippen LogP contribution in [-0.4, -0.2) is 37.9 Å². The molecule has 0 aliphatic carbocycles. The van der Waals surface area contributed by atoms with Crippen LogP contribution in [0.1, 0.15) is 5.56 Å². The molecule has 0 saturated heterocycles. The van der Waals surface area contributed by atoms with Gasteiger partial charge in [-0.25, -0.2) is 0 Å². The summed E-state index contributed by atoms with van der Waals surface area (Å²) in [5.41, 5.74) is 0.987. The van der Waals surface area contributed by atoms with E-state index in [9.17, 15) is 4.79 Å². The molecule has 0 radical (unpaired) electrons. The Hall–Kier alpha value is -1.59. The van der Waals surface area contributed by atoms with E-state index in [4.69, 9.17) is 14.6 Å². The van der Waals surface area contributed by atoms with Crippen LogP contribution in [0, 0.1) is 0 Å². The second-order valence-corrected chi connectivity index (χ2v) is 3.44. The number of rotatable bonds is 7. The number of nitrogens with one attached hydrogen (secondary N) is 1. The first-order valence-corrected chi connectivity index (χ1v) is 5.34.